The predicted octanol–water partition coefficient (Wildman–Crippen LogP) is 3.89. The van der Waals surface area contributed by atoms with Crippen LogP contribution in [0.3, 0.4) is 0 Å². The lowest BCUT2D eigenvalue weighted by Gasteiger charge is -1.96. The van der Waals surface area contributed by atoms with Gasteiger partial charge in [0.1, 0.15) is 11.5 Å². The summed E-state index contributed by atoms with van der Waals surface area (Å²) < 4.78 is 6.45. The van der Waals surface area contributed by atoms with Gasteiger partial charge in [-0.05, 0) is 24.3 Å². The molecule has 0 aliphatic heterocycles. The van der Waals surface area contributed by atoms with Crippen molar-refractivity contribution >= 4 is 15.9 Å². The molecule has 1 radical (unpaired) electrons. The molecule has 0 bridgehead atoms. The summed E-state index contributed by atoms with van der Waals surface area (Å²) in [5.41, 5.74) is 1.07. The zero-order valence-electron chi connectivity index (χ0n) is 6.96. The van der Waals surface area contributed by atoms with Gasteiger partial charge >= 0.3 is 0 Å². The molecule has 1 aromatic heterocycles. The van der Waals surface area contributed by atoms with Crippen LogP contribution in [0.1, 0.15) is 5.76 Å². The topological polar surface area (TPSA) is 13.1 Å². The third-order valence-electron chi connectivity index (χ3n) is 1.79. The van der Waals surface area contributed by atoms with Crippen LogP contribution in [-0.4, -0.2) is 0 Å². The van der Waals surface area contributed by atoms with Gasteiger partial charge in [-0.25, -0.2) is 0 Å². The van der Waals surface area contributed by atoms with Crippen molar-refractivity contribution in [3.05, 3.63) is 53.6 Å². The third-order valence-corrected chi connectivity index (χ3v) is 2.32. The summed E-state index contributed by atoms with van der Waals surface area (Å²) >= 11 is 3.38. The molecule has 0 saturated carbocycles. The molecule has 1 aromatic carbocycles. The predicted molar refractivity (Wildman–Crippen MR) is 56.3 cm³/mol. The molecule has 2 heteroatoms. The summed E-state index contributed by atoms with van der Waals surface area (Å²) in [4.78, 5) is 0. The lowest BCUT2D eigenvalue weighted by Crippen LogP contribution is -1.71. The van der Waals surface area contributed by atoms with Gasteiger partial charge in [-0.3, -0.25) is 0 Å². The van der Waals surface area contributed by atoms with Crippen molar-refractivity contribution in [2.45, 2.75) is 0 Å². The number of halogens is 1. The average Bonchev–Trinajstić information content (AvgIpc) is 2.53. The number of benzene rings is 1. The van der Waals surface area contributed by atoms with E-state index in [4.69, 9.17) is 4.42 Å². The van der Waals surface area contributed by atoms with Crippen molar-refractivity contribution in [2.24, 2.45) is 0 Å². The maximum atomic E-state index is 5.38. The van der Waals surface area contributed by atoms with Crippen LogP contribution in [0.2, 0.25) is 0 Å². The molecule has 0 atom stereocenters. The van der Waals surface area contributed by atoms with Crippen LogP contribution in [-0.2, 0) is 0 Å². The van der Waals surface area contributed by atoms with E-state index in [1.165, 1.54) is 0 Å². The Hall–Kier alpha value is -1.02. The first-order valence-corrected chi connectivity index (χ1v) is 4.73. The molecule has 0 spiro atoms. The van der Waals surface area contributed by atoms with Gasteiger partial charge in [0.15, 0.2) is 0 Å². The Morgan fingerprint density at radius 2 is 1.69 bits per heavy atom. The van der Waals surface area contributed by atoms with Crippen LogP contribution in [0.15, 0.2) is 45.3 Å². The van der Waals surface area contributed by atoms with Crippen molar-refractivity contribution < 1.29 is 4.42 Å². The lowest BCUT2D eigenvalue weighted by molar-refractivity contribution is 0.563. The summed E-state index contributed by atoms with van der Waals surface area (Å²) in [6, 6.07) is 11.8. The van der Waals surface area contributed by atoms with Gasteiger partial charge in [0.25, 0.3) is 0 Å². The molecular formula is C11H8BrO. The number of hydrogen-bond donors (Lipinski definition) is 0. The van der Waals surface area contributed by atoms with E-state index in [0.717, 1.165) is 15.8 Å². The molecule has 0 aliphatic rings. The van der Waals surface area contributed by atoms with Gasteiger partial charge in [-0.15, -0.1) is 0 Å². The summed E-state index contributed by atoms with van der Waals surface area (Å²) in [6.45, 7) is 3.71. The van der Waals surface area contributed by atoms with E-state index < -0.39 is 0 Å². The molecule has 0 amide bonds. The van der Waals surface area contributed by atoms with Crippen molar-refractivity contribution in [3.8, 4) is 11.3 Å². The van der Waals surface area contributed by atoms with E-state index >= 15 is 0 Å². The third kappa shape index (κ3) is 1.83. The Bertz CT molecular complexity index is 400. The highest BCUT2D eigenvalue weighted by Crippen LogP contribution is 2.23. The monoisotopic (exact) mass is 235 g/mol. The minimum atomic E-state index is 0.693. The number of furan rings is 1. The molecule has 1 nitrogen and oxygen atoms in total. The summed E-state index contributed by atoms with van der Waals surface area (Å²) in [7, 11) is 0. The Balaban J connectivity index is 2.41. The van der Waals surface area contributed by atoms with Crippen LogP contribution in [0, 0.1) is 6.92 Å². The molecule has 13 heavy (non-hydrogen) atoms. The molecular weight excluding hydrogens is 228 g/mol. The number of rotatable bonds is 1. The normalized spacial score (nSPS) is 10.3. The second-order valence-corrected chi connectivity index (χ2v) is 3.69. The molecule has 0 aliphatic carbocycles. The maximum absolute atomic E-state index is 5.38. The smallest absolute Gasteiger partial charge is 0.134 e. The van der Waals surface area contributed by atoms with Crippen LogP contribution in [0.4, 0.5) is 0 Å². The van der Waals surface area contributed by atoms with E-state index in [2.05, 4.69) is 22.9 Å². The Morgan fingerprint density at radius 1 is 1.00 bits per heavy atom. The molecule has 2 aromatic rings. The molecule has 2 rings (SSSR count). The van der Waals surface area contributed by atoms with Crippen molar-refractivity contribution in [1.29, 1.82) is 0 Å². The fourth-order valence-corrected chi connectivity index (χ4v) is 1.41. The minimum absolute atomic E-state index is 0.693. The van der Waals surface area contributed by atoms with Gasteiger partial charge in [-0.2, -0.15) is 0 Å². The highest BCUT2D eigenvalue weighted by atomic mass is 79.9. The first kappa shape index (κ1) is 8.57. The minimum Gasteiger partial charge on any atom is -0.461 e. The van der Waals surface area contributed by atoms with E-state index in [-0.39, 0.29) is 0 Å². The van der Waals surface area contributed by atoms with Gasteiger partial charge in [0, 0.05) is 17.0 Å². The SMILES string of the molecule is [CH2]c1ccc(-c2ccc(Br)cc2)o1. The van der Waals surface area contributed by atoms with Crippen LogP contribution in [0.25, 0.3) is 11.3 Å². The summed E-state index contributed by atoms with van der Waals surface area (Å²) in [5, 5.41) is 0. The highest BCUT2D eigenvalue weighted by Gasteiger charge is 2.00. The summed E-state index contributed by atoms with van der Waals surface area (Å²) in [6.07, 6.45) is 0. The van der Waals surface area contributed by atoms with E-state index in [1.54, 1.807) is 0 Å². The van der Waals surface area contributed by atoms with E-state index in [0.29, 0.717) is 5.76 Å². The van der Waals surface area contributed by atoms with Gasteiger partial charge < -0.3 is 4.42 Å². The van der Waals surface area contributed by atoms with Gasteiger partial charge in [0.2, 0.25) is 0 Å². The van der Waals surface area contributed by atoms with E-state index in [1.807, 2.05) is 36.4 Å². The lowest BCUT2D eigenvalue weighted by atomic mass is 10.2. The quantitative estimate of drug-likeness (QED) is 0.731. The first-order chi connectivity index (χ1) is 6.25. The fourth-order valence-electron chi connectivity index (χ4n) is 1.15. The van der Waals surface area contributed by atoms with Gasteiger partial charge in [-0.1, -0.05) is 28.1 Å². The van der Waals surface area contributed by atoms with Crippen LogP contribution in [0.5, 0.6) is 0 Å². The average molecular weight is 236 g/mol. The highest BCUT2D eigenvalue weighted by molar-refractivity contribution is 9.10. The molecule has 0 fully saturated rings. The second-order valence-electron chi connectivity index (χ2n) is 2.77. The van der Waals surface area contributed by atoms with Crippen LogP contribution < -0.4 is 0 Å². The van der Waals surface area contributed by atoms with Crippen LogP contribution >= 0.6 is 15.9 Å². The fraction of sp³-hybridized carbons (Fsp3) is 0. The Kier molecular flexibility index (Phi) is 2.23. The second kappa shape index (κ2) is 3.38. The van der Waals surface area contributed by atoms with Crippen molar-refractivity contribution in [2.75, 3.05) is 0 Å². The van der Waals surface area contributed by atoms with Crippen molar-refractivity contribution in [3.63, 3.8) is 0 Å². The molecule has 0 unspecified atom stereocenters. The zero-order chi connectivity index (χ0) is 9.26. The molecule has 0 saturated heterocycles. The molecule has 1 heterocycles. The molecule has 65 valence electrons. The van der Waals surface area contributed by atoms with E-state index in [9.17, 15) is 0 Å². The Morgan fingerprint density at radius 3 is 2.23 bits per heavy atom. The maximum Gasteiger partial charge on any atom is 0.134 e. The van der Waals surface area contributed by atoms with Crippen molar-refractivity contribution in [1.82, 2.24) is 0 Å². The largest absolute Gasteiger partial charge is 0.461 e. The first-order valence-electron chi connectivity index (χ1n) is 3.93. The molecule has 0 N–H and O–H groups in total. The number of hydrogen-bond acceptors (Lipinski definition) is 1. The zero-order valence-corrected chi connectivity index (χ0v) is 8.54. The summed E-state index contributed by atoms with van der Waals surface area (Å²) in [5.74, 6) is 1.55. The van der Waals surface area contributed by atoms with Gasteiger partial charge in [0.05, 0.1) is 0 Å². The Labute approximate surface area is 85.5 Å². The standard InChI is InChI=1S/C11H8BrO/c1-8-2-7-11(13-8)9-3-5-10(12)6-4-9/h2-7H,1H2.